The number of aliphatic hydroxyl groups excluding tert-OH is 1. The highest BCUT2D eigenvalue weighted by Gasteiger charge is 2.50. The Hall–Kier alpha value is -1.02. The summed E-state index contributed by atoms with van der Waals surface area (Å²) in [5.74, 6) is 0.244. The summed E-state index contributed by atoms with van der Waals surface area (Å²) < 4.78 is 6.14. The smallest absolute Gasteiger partial charge is 0.223 e. The lowest BCUT2D eigenvalue weighted by Crippen LogP contribution is -2.66. The Morgan fingerprint density at radius 1 is 1.46 bits per heavy atom. The molecule has 1 saturated carbocycles. The SMILES string of the molecule is C[C@]1(NC(=O)C2CCC2)CC2(CCN(Cc3nccs3)CC2)OC[C@@H]1O. The molecule has 1 aromatic rings. The molecule has 1 spiro atoms. The number of carbonyl (C=O) groups is 1. The molecule has 0 aromatic carbocycles. The number of nitrogens with zero attached hydrogens (tertiary/aromatic N) is 2. The molecule has 3 aliphatic rings. The number of likely N-dealkylation sites (tertiary alicyclic amines) is 1. The summed E-state index contributed by atoms with van der Waals surface area (Å²) in [5, 5.41) is 16.9. The minimum Gasteiger partial charge on any atom is -0.388 e. The van der Waals surface area contributed by atoms with Crippen molar-refractivity contribution in [1.82, 2.24) is 15.2 Å². The first kappa shape index (κ1) is 18.3. The lowest BCUT2D eigenvalue weighted by molar-refractivity contribution is -0.182. The Bertz CT molecular complexity index is 626. The van der Waals surface area contributed by atoms with Crippen LogP contribution in [0.5, 0.6) is 0 Å². The Morgan fingerprint density at radius 2 is 2.23 bits per heavy atom. The zero-order valence-electron chi connectivity index (χ0n) is 15.4. The van der Waals surface area contributed by atoms with Crippen LogP contribution in [0.4, 0.5) is 0 Å². The van der Waals surface area contributed by atoms with Gasteiger partial charge in [0.2, 0.25) is 5.91 Å². The van der Waals surface area contributed by atoms with Crippen LogP contribution in [0, 0.1) is 5.92 Å². The van der Waals surface area contributed by atoms with E-state index in [1.54, 1.807) is 11.3 Å². The minimum atomic E-state index is -0.648. The third-order valence-electron chi connectivity index (χ3n) is 6.47. The molecule has 2 atom stereocenters. The number of aliphatic hydroxyl groups is 1. The number of thiazole rings is 1. The Kier molecular flexibility index (Phi) is 5.07. The molecule has 4 rings (SSSR count). The van der Waals surface area contributed by atoms with Crippen molar-refractivity contribution < 1.29 is 14.6 Å². The van der Waals surface area contributed by atoms with Gasteiger partial charge in [-0.05, 0) is 32.6 Å². The van der Waals surface area contributed by atoms with Crippen LogP contribution >= 0.6 is 11.3 Å². The average molecular weight is 380 g/mol. The molecule has 3 fully saturated rings. The molecule has 1 aromatic heterocycles. The van der Waals surface area contributed by atoms with Gasteiger partial charge in [-0.15, -0.1) is 11.3 Å². The molecule has 0 bridgehead atoms. The van der Waals surface area contributed by atoms with Crippen molar-refractivity contribution in [3.63, 3.8) is 0 Å². The lowest BCUT2D eigenvalue weighted by Gasteiger charge is -2.52. The van der Waals surface area contributed by atoms with Crippen molar-refractivity contribution >= 4 is 17.2 Å². The van der Waals surface area contributed by atoms with E-state index < -0.39 is 11.6 Å². The zero-order valence-corrected chi connectivity index (χ0v) is 16.3. The molecular formula is C19H29N3O3S. The van der Waals surface area contributed by atoms with E-state index in [0.29, 0.717) is 13.0 Å². The highest BCUT2D eigenvalue weighted by atomic mass is 32.1. The second-order valence-corrected chi connectivity index (χ2v) is 9.40. The maximum Gasteiger partial charge on any atom is 0.223 e. The molecular weight excluding hydrogens is 350 g/mol. The third-order valence-corrected chi connectivity index (χ3v) is 7.23. The summed E-state index contributed by atoms with van der Waals surface area (Å²) in [6.45, 7) is 5.10. The second kappa shape index (κ2) is 7.19. The van der Waals surface area contributed by atoms with Gasteiger partial charge in [-0.3, -0.25) is 9.69 Å². The number of piperidine rings is 1. The first-order chi connectivity index (χ1) is 12.5. The van der Waals surface area contributed by atoms with Crippen molar-refractivity contribution in [3.05, 3.63) is 16.6 Å². The minimum absolute atomic E-state index is 0.107. The maximum atomic E-state index is 12.5. The summed E-state index contributed by atoms with van der Waals surface area (Å²) in [6.07, 6.45) is 6.85. The number of aromatic nitrogens is 1. The van der Waals surface area contributed by atoms with Crippen LogP contribution in [0.15, 0.2) is 11.6 Å². The summed E-state index contributed by atoms with van der Waals surface area (Å²) in [4.78, 5) is 19.3. The van der Waals surface area contributed by atoms with E-state index in [1.807, 2.05) is 18.5 Å². The number of hydrogen-bond acceptors (Lipinski definition) is 6. The van der Waals surface area contributed by atoms with Crippen molar-refractivity contribution in [1.29, 1.82) is 0 Å². The third kappa shape index (κ3) is 3.67. The van der Waals surface area contributed by atoms with Gasteiger partial charge in [0.1, 0.15) is 11.1 Å². The van der Waals surface area contributed by atoms with Gasteiger partial charge in [-0.25, -0.2) is 4.98 Å². The molecule has 2 aliphatic heterocycles. The number of nitrogens with one attached hydrogen (secondary N) is 1. The monoisotopic (exact) mass is 379 g/mol. The van der Waals surface area contributed by atoms with E-state index in [9.17, 15) is 9.90 Å². The number of amides is 1. The Labute approximate surface area is 158 Å². The van der Waals surface area contributed by atoms with Gasteiger partial charge in [-0.1, -0.05) is 6.42 Å². The van der Waals surface area contributed by atoms with Gasteiger partial charge in [0.25, 0.3) is 0 Å². The molecule has 7 heteroatoms. The zero-order chi connectivity index (χ0) is 18.2. The topological polar surface area (TPSA) is 74.7 Å². The summed E-state index contributed by atoms with van der Waals surface area (Å²) in [5.41, 5.74) is -0.831. The molecule has 2 N–H and O–H groups in total. The highest BCUT2D eigenvalue weighted by molar-refractivity contribution is 7.09. The molecule has 144 valence electrons. The van der Waals surface area contributed by atoms with E-state index in [1.165, 1.54) is 0 Å². The van der Waals surface area contributed by atoms with Crippen LogP contribution in [0.1, 0.15) is 50.5 Å². The van der Waals surface area contributed by atoms with Gasteiger partial charge < -0.3 is 15.2 Å². The lowest BCUT2D eigenvalue weighted by atomic mass is 9.74. The van der Waals surface area contributed by atoms with Gasteiger partial charge in [0.15, 0.2) is 0 Å². The first-order valence-corrected chi connectivity index (χ1v) is 10.6. The fourth-order valence-electron chi connectivity index (χ4n) is 4.42. The fraction of sp³-hybridized carbons (Fsp3) is 0.789. The Morgan fingerprint density at radius 3 is 2.85 bits per heavy atom. The van der Waals surface area contributed by atoms with E-state index in [2.05, 4.69) is 15.2 Å². The molecule has 0 radical (unpaired) electrons. The normalized spacial score (nSPS) is 32.3. The summed E-state index contributed by atoms with van der Waals surface area (Å²) in [6, 6.07) is 0. The second-order valence-electron chi connectivity index (χ2n) is 8.42. The van der Waals surface area contributed by atoms with Crippen molar-refractivity contribution in [2.24, 2.45) is 5.92 Å². The van der Waals surface area contributed by atoms with Crippen molar-refractivity contribution in [2.45, 2.75) is 69.2 Å². The molecule has 26 heavy (non-hydrogen) atoms. The molecule has 1 amide bonds. The number of carbonyl (C=O) groups excluding carboxylic acids is 1. The Balaban J connectivity index is 1.37. The van der Waals surface area contributed by atoms with Crippen molar-refractivity contribution in [2.75, 3.05) is 19.7 Å². The highest BCUT2D eigenvalue weighted by Crippen LogP contribution is 2.40. The fourth-order valence-corrected chi connectivity index (χ4v) is 5.08. The largest absolute Gasteiger partial charge is 0.388 e. The number of hydrogen-bond donors (Lipinski definition) is 2. The standard InChI is InChI=1S/C19H29N3O3S/c1-18(21-17(24)14-3-2-4-14)13-19(25-12-15(18)23)5-8-22(9-6-19)11-16-20-7-10-26-16/h7,10,14-15,23H,2-6,8-9,11-13H2,1H3,(H,21,24)/t15-,18-/m0/s1. The molecule has 3 heterocycles. The van der Waals surface area contributed by atoms with Crippen LogP contribution in [0.25, 0.3) is 0 Å². The molecule has 2 saturated heterocycles. The van der Waals surface area contributed by atoms with Crippen LogP contribution in [-0.2, 0) is 16.1 Å². The van der Waals surface area contributed by atoms with Gasteiger partial charge >= 0.3 is 0 Å². The predicted molar refractivity (Wildman–Crippen MR) is 99.8 cm³/mol. The van der Waals surface area contributed by atoms with Crippen molar-refractivity contribution in [3.8, 4) is 0 Å². The van der Waals surface area contributed by atoms with Crippen LogP contribution in [0.2, 0.25) is 0 Å². The van der Waals surface area contributed by atoms with E-state index >= 15 is 0 Å². The molecule has 6 nitrogen and oxygen atoms in total. The van der Waals surface area contributed by atoms with Crippen LogP contribution < -0.4 is 5.32 Å². The van der Waals surface area contributed by atoms with E-state index in [4.69, 9.17) is 4.74 Å². The average Bonchev–Trinajstić information content (AvgIpc) is 3.05. The molecule has 1 aliphatic carbocycles. The van der Waals surface area contributed by atoms with E-state index in [-0.39, 0.29) is 17.4 Å². The predicted octanol–water partition coefficient (Wildman–Crippen LogP) is 1.93. The summed E-state index contributed by atoms with van der Waals surface area (Å²) in [7, 11) is 0. The van der Waals surface area contributed by atoms with Crippen LogP contribution in [-0.4, -0.2) is 57.8 Å². The quantitative estimate of drug-likeness (QED) is 0.836. The van der Waals surface area contributed by atoms with E-state index in [0.717, 1.165) is 56.7 Å². The number of ether oxygens (including phenoxy) is 1. The van der Waals surface area contributed by atoms with Crippen LogP contribution in [0.3, 0.4) is 0 Å². The first-order valence-electron chi connectivity index (χ1n) is 9.73. The maximum absolute atomic E-state index is 12.5. The van der Waals surface area contributed by atoms with Gasteiger partial charge in [0.05, 0.1) is 24.3 Å². The van der Waals surface area contributed by atoms with Gasteiger partial charge in [-0.2, -0.15) is 0 Å². The number of rotatable bonds is 4. The molecule has 0 unspecified atom stereocenters. The summed E-state index contributed by atoms with van der Waals surface area (Å²) >= 11 is 1.70. The van der Waals surface area contributed by atoms with Gasteiger partial charge in [0, 0.05) is 37.0 Å².